The fourth-order valence-corrected chi connectivity index (χ4v) is 1.64. The molecule has 0 radical (unpaired) electrons. The van der Waals surface area contributed by atoms with E-state index < -0.39 is 24.3 Å². The highest BCUT2D eigenvalue weighted by atomic mass is 19.4. The van der Waals surface area contributed by atoms with Crippen molar-refractivity contribution in [3.05, 3.63) is 0 Å². The standard InChI is InChI=1S/C10H13F3O3/c11-10(12,13)8(14)6-9(15)16-7-4-2-1-3-5-7/h7H,1-6H2. The molecule has 0 N–H and O–H groups in total. The van der Waals surface area contributed by atoms with Crippen molar-refractivity contribution in [1.82, 2.24) is 0 Å². The Hall–Kier alpha value is -1.07. The van der Waals surface area contributed by atoms with Gasteiger partial charge in [-0.2, -0.15) is 13.2 Å². The monoisotopic (exact) mass is 238 g/mol. The average molecular weight is 238 g/mol. The summed E-state index contributed by atoms with van der Waals surface area (Å²) in [7, 11) is 0. The third-order valence-electron chi connectivity index (χ3n) is 2.47. The van der Waals surface area contributed by atoms with Gasteiger partial charge < -0.3 is 4.74 Å². The van der Waals surface area contributed by atoms with E-state index in [2.05, 4.69) is 0 Å². The molecule has 1 aliphatic rings. The van der Waals surface area contributed by atoms with E-state index in [0.29, 0.717) is 12.8 Å². The van der Waals surface area contributed by atoms with Crippen LogP contribution in [-0.4, -0.2) is 24.0 Å². The maximum Gasteiger partial charge on any atom is 0.450 e. The summed E-state index contributed by atoms with van der Waals surface area (Å²) in [4.78, 5) is 21.5. The number of ether oxygens (including phenoxy) is 1. The van der Waals surface area contributed by atoms with Gasteiger partial charge in [-0.05, 0) is 25.7 Å². The minimum Gasteiger partial charge on any atom is -0.462 e. The Bertz CT molecular complexity index is 267. The SMILES string of the molecule is O=C(CC(=O)C(F)(F)F)OC1CCCCC1. The second kappa shape index (κ2) is 5.32. The summed E-state index contributed by atoms with van der Waals surface area (Å²) in [6.07, 6.45) is -2.27. The van der Waals surface area contributed by atoms with Crippen molar-refractivity contribution in [2.75, 3.05) is 0 Å². The second-order valence-electron chi connectivity index (χ2n) is 3.85. The van der Waals surface area contributed by atoms with Crippen LogP contribution < -0.4 is 0 Å². The van der Waals surface area contributed by atoms with Gasteiger partial charge in [-0.25, -0.2) is 0 Å². The Morgan fingerprint density at radius 1 is 1.12 bits per heavy atom. The van der Waals surface area contributed by atoms with Crippen molar-refractivity contribution < 1.29 is 27.5 Å². The van der Waals surface area contributed by atoms with Gasteiger partial charge in [-0.3, -0.25) is 9.59 Å². The van der Waals surface area contributed by atoms with Crippen LogP contribution in [-0.2, 0) is 14.3 Å². The zero-order chi connectivity index (χ0) is 12.2. The molecule has 0 spiro atoms. The Morgan fingerprint density at radius 2 is 1.69 bits per heavy atom. The van der Waals surface area contributed by atoms with Gasteiger partial charge in [0.2, 0.25) is 5.78 Å². The first-order valence-corrected chi connectivity index (χ1v) is 5.19. The molecule has 0 amide bonds. The maximum atomic E-state index is 11.8. The Morgan fingerprint density at radius 3 is 2.19 bits per heavy atom. The maximum absolute atomic E-state index is 11.8. The quantitative estimate of drug-likeness (QED) is 0.560. The first-order valence-electron chi connectivity index (χ1n) is 5.19. The molecule has 1 aliphatic carbocycles. The summed E-state index contributed by atoms with van der Waals surface area (Å²) in [6.45, 7) is 0. The number of ketones is 1. The predicted molar refractivity (Wildman–Crippen MR) is 48.6 cm³/mol. The minimum atomic E-state index is -4.95. The molecule has 92 valence electrons. The molecule has 0 unspecified atom stereocenters. The molecule has 0 aromatic carbocycles. The summed E-state index contributed by atoms with van der Waals surface area (Å²) >= 11 is 0. The Labute approximate surface area is 91.0 Å². The molecule has 1 saturated carbocycles. The first kappa shape index (κ1) is 13.0. The number of alkyl halides is 3. The van der Waals surface area contributed by atoms with Crippen molar-refractivity contribution in [2.24, 2.45) is 0 Å². The van der Waals surface area contributed by atoms with Crippen LogP contribution in [0.2, 0.25) is 0 Å². The zero-order valence-electron chi connectivity index (χ0n) is 8.68. The van der Waals surface area contributed by atoms with Gasteiger partial charge in [0.15, 0.2) is 0 Å². The highest BCUT2D eigenvalue weighted by Crippen LogP contribution is 2.22. The van der Waals surface area contributed by atoms with E-state index in [1.54, 1.807) is 0 Å². The smallest absolute Gasteiger partial charge is 0.450 e. The van der Waals surface area contributed by atoms with Crippen molar-refractivity contribution in [2.45, 2.75) is 50.8 Å². The van der Waals surface area contributed by atoms with E-state index in [0.717, 1.165) is 19.3 Å². The number of rotatable bonds is 3. The van der Waals surface area contributed by atoms with Gasteiger partial charge in [-0.15, -0.1) is 0 Å². The first-order chi connectivity index (χ1) is 7.39. The number of halogens is 3. The largest absolute Gasteiger partial charge is 0.462 e. The number of carbonyl (C=O) groups excluding carboxylic acids is 2. The number of hydrogen-bond acceptors (Lipinski definition) is 3. The lowest BCUT2D eigenvalue weighted by atomic mass is 9.98. The van der Waals surface area contributed by atoms with Crippen LogP contribution in [0.3, 0.4) is 0 Å². The van der Waals surface area contributed by atoms with Crippen molar-refractivity contribution in [1.29, 1.82) is 0 Å². The highest BCUT2D eigenvalue weighted by Gasteiger charge is 2.39. The van der Waals surface area contributed by atoms with E-state index in [1.165, 1.54) is 0 Å². The third-order valence-corrected chi connectivity index (χ3v) is 2.47. The molecule has 6 heteroatoms. The summed E-state index contributed by atoms with van der Waals surface area (Å²) < 4.78 is 40.3. The van der Waals surface area contributed by atoms with Crippen LogP contribution >= 0.6 is 0 Å². The lowest BCUT2D eigenvalue weighted by Crippen LogP contribution is -2.28. The molecule has 0 heterocycles. The Balaban J connectivity index is 2.32. The molecule has 1 fully saturated rings. The van der Waals surface area contributed by atoms with E-state index in [4.69, 9.17) is 4.74 Å². The number of Topliss-reactive ketones (excluding diaryl/α,β-unsaturated/α-hetero) is 1. The van der Waals surface area contributed by atoms with Crippen molar-refractivity contribution in [3.8, 4) is 0 Å². The number of carbonyl (C=O) groups is 2. The molecule has 0 atom stereocenters. The van der Waals surface area contributed by atoms with Gasteiger partial charge in [0, 0.05) is 0 Å². The summed E-state index contributed by atoms with van der Waals surface area (Å²) in [5.41, 5.74) is 0. The molecule has 0 aliphatic heterocycles. The molecule has 0 aromatic rings. The molecule has 3 nitrogen and oxygen atoms in total. The summed E-state index contributed by atoms with van der Waals surface area (Å²) in [5.74, 6) is -3.12. The second-order valence-corrected chi connectivity index (χ2v) is 3.85. The molecule has 0 bridgehead atoms. The summed E-state index contributed by atoms with van der Waals surface area (Å²) in [5, 5.41) is 0. The van der Waals surface area contributed by atoms with Crippen molar-refractivity contribution in [3.63, 3.8) is 0 Å². The normalized spacial score (nSPS) is 18.2. The zero-order valence-corrected chi connectivity index (χ0v) is 8.68. The number of esters is 1. The van der Waals surface area contributed by atoms with E-state index >= 15 is 0 Å². The lowest BCUT2D eigenvalue weighted by Gasteiger charge is -2.21. The van der Waals surface area contributed by atoms with Crippen LogP contribution in [0.15, 0.2) is 0 Å². The third kappa shape index (κ3) is 4.20. The lowest BCUT2D eigenvalue weighted by molar-refractivity contribution is -0.176. The Kier molecular flexibility index (Phi) is 4.32. The minimum absolute atomic E-state index is 0.317. The van der Waals surface area contributed by atoms with Crippen molar-refractivity contribution >= 4 is 11.8 Å². The summed E-state index contributed by atoms with van der Waals surface area (Å²) in [6, 6.07) is 0. The van der Waals surface area contributed by atoms with Gasteiger partial charge in [0.1, 0.15) is 12.5 Å². The molecule has 1 rings (SSSR count). The predicted octanol–water partition coefficient (Wildman–Crippen LogP) is 2.38. The van der Waals surface area contributed by atoms with E-state index in [1.807, 2.05) is 0 Å². The van der Waals surface area contributed by atoms with Crippen LogP contribution in [0, 0.1) is 0 Å². The molecule has 0 saturated heterocycles. The van der Waals surface area contributed by atoms with E-state index in [-0.39, 0.29) is 6.10 Å². The van der Waals surface area contributed by atoms with Gasteiger partial charge >= 0.3 is 12.1 Å². The molecular formula is C10H13F3O3. The average Bonchev–Trinajstić information content (AvgIpc) is 2.17. The van der Waals surface area contributed by atoms with Crippen LogP contribution in [0.1, 0.15) is 38.5 Å². The van der Waals surface area contributed by atoms with Crippen LogP contribution in [0.25, 0.3) is 0 Å². The number of hydrogen-bond donors (Lipinski definition) is 0. The van der Waals surface area contributed by atoms with Crippen LogP contribution in [0.4, 0.5) is 13.2 Å². The van der Waals surface area contributed by atoms with Gasteiger partial charge in [0.05, 0.1) is 0 Å². The van der Waals surface area contributed by atoms with Crippen LogP contribution in [0.5, 0.6) is 0 Å². The molecule has 0 aromatic heterocycles. The highest BCUT2D eigenvalue weighted by molar-refractivity contribution is 5.98. The van der Waals surface area contributed by atoms with Gasteiger partial charge in [-0.1, -0.05) is 6.42 Å². The topological polar surface area (TPSA) is 43.4 Å². The fraction of sp³-hybridized carbons (Fsp3) is 0.800. The molecule has 16 heavy (non-hydrogen) atoms. The molecular weight excluding hydrogens is 225 g/mol. The van der Waals surface area contributed by atoms with E-state index in [9.17, 15) is 22.8 Å². The van der Waals surface area contributed by atoms with Gasteiger partial charge in [0.25, 0.3) is 0 Å². The fourth-order valence-electron chi connectivity index (χ4n) is 1.64.